The van der Waals surface area contributed by atoms with Crippen LogP contribution in [0.4, 0.5) is 5.69 Å². The lowest BCUT2D eigenvalue weighted by Crippen LogP contribution is -2.33. The number of ketones is 1. The number of carbonyl (C=O) groups is 1. The zero-order valence-corrected chi connectivity index (χ0v) is 9.86. The highest BCUT2D eigenvalue weighted by Crippen LogP contribution is 2.19. The molecule has 1 aromatic carbocycles. The molecule has 2 rings (SSSR count). The van der Waals surface area contributed by atoms with Crippen LogP contribution in [0.2, 0.25) is 0 Å². The van der Waals surface area contributed by atoms with Gasteiger partial charge < -0.3 is 10.2 Å². The Morgan fingerprint density at radius 3 is 2.94 bits per heavy atom. The van der Waals surface area contributed by atoms with Gasteiger partial charge in [0, 0.05) is 30.9 Å². The van der Waals surface area contributed by atoms with Gasteiger partial charge in [0.05, 0.1) is 0 Å². The molecule has 1 saturated heterocycles. The van der Waals surface area contributed by atoms with Crippen molar-refractivity contribution in [3.05, 3.63) is 29.8 Å². The van der Waals surface area contributed by atoms with Crippen molar-refractivity contribution in [1.29, 1.82) is 0 Å². The molecule has 1 unspecified atom stereocenters. The van der Waals surface area contributed by atoms with Crippen molar-refractivity contribution in [2.24, 2.45) is 0 Å². The molecule has 0 saturated carbocycles. The van der Waals surface area contributed by atoms with Gasteiger partial charge in [-0.25, -0.2) is 0 Å². The first-order valence-corrected chi connectivity index (χ1v) is 5.73. The van der Waals surface area contributed by atoms with E-state index in [0.29, 0.717) is 6.04 Å². The number of Topliss-reactive ketones (excluding diaryl/α,β-unsaturated/α-hetero) is 1. The number of nitrogens with zero attached hydrogens (tertiary/aromatic N) is 1. The molecule has 3 heteroatoms. The Morgan fingerprint density at radius 1 is 1.50 bits per heavy atom. The van der Waals surface area contributed by atoms with Crippen molar-refractivity contribution in [1.82, 2.24) is 5.32 Å². The van der Waals surface area contributed by atoms with E-state index < -0.39 is 0 Å². The first-order chi connectivity index (χ1) is 7.68. The molecular formula is C13H18N2O. The average Bonchev–Trinajstić information content (AvgIpc) is 2.81. The summed E-state index contributed by atoms with van der Waals surface area (Å²) in [7, 11) is 2.09. The number of nitrogens with one attached hydrogen (secondary N) is 1. The predicted octanol–water partition coefficient (Wildman–Crippen LogP) is 1.69. The maximum atomic E-state index is 11.3. The number of rotatable bonds is 3. The van der Waals surface area contributed by atoms with E-state index in [9.17, 15) is 4.79 Å². The fourth-order valence-electron chi connectivity index (χ4n) is 2.13. The predicted molar refractivity (Wildman–Crippen MR) is 66.1 cm³/mol. The first kappa shape index (κ1) is 11.1. The zero-order valence-electron chi connectivity index (χ0n) is 9.86. The normalized spacial score (nSPS) is 19.8. The average molecular weight is 218 g/mol. The summed E-state index contributed by atoms with van der Waals surface area (Å²) < 4.78 is 0. The number of hydrogen-bond acceptors (Lipinski definition) is 3. The van der Waals surface area contributed by atoms with Crippen molar-refractivity contribution < 1.29 is 4.79 Å². The Bertz CT molecular complexity index is 383. The van der Waals surface area contributed by atoms with Crippen molar-refractivity contribution >= 4 is 11.5 Å². The number of carbonyl (C=O) groups excluding carboxylic acids is 1. The molecule has 1 aliphatic heterocycles. The molecule has 1 heterocycles. The summed E-state index contributed by atoms with van der Waals surface area (Å²) in [5.41, 5.74) is 1.91. The fourth-order valence-corrected chi connectivity index (χ4v) is 2.13. The Labute approximate surface area is 96.5 Å². The van der Waals surface area contributed by atoms with E-state index in [1.807, 2.05) is 18.2 Å². The van der Waals surface area contributed by atoms with Crippen molar-refractivity contribution in [2.75, 3.05) is 25.0 Å². The highest BCUT2D eigenvalue weighted by molar-refractivity contribution is 5.94. The van der Waals surface area contributed by atoms with Crippen LogP contribution in [0.3, 0.4) is 0 Å². The SMILES string of the molecule is CC(=O)c1cccc(N(C)C2CCNC2)c1. The summed E-state index contributed by atoms with van der Waals surface area (Å²) in [6.07, 6.45) is 1.17. The maximum Gasteiger partial charge on any atom is 0.159 e. The molecule has 16 heavy (non-hydrogen) atoms. The Hall–Kier alpha value is -1.35. The number of hydrogen-bond donors (Lipinski definition) is 1. The Balaban J connectivity index is 2.18. The molecular weight excluding hydrogens is 200 g/mol. The minimum atomic E-state index is 0.125. The maximum absolute atomic E-state index is 11.3. The van der Waals surface area contributed by atoms with Crippen LogP contribution in [0.5, 0.6) is 0 Å². The molecule has 0 bridgehead atoms. The molecule has 0 spiro atoms. The second-order valence-electron chi connectivity index (χ2n) is 4.36. The van der Waals surface area contributed by atoms with Gasteiger partial charge in [-0.15, -0.1) is 0 Å². The highest BCUT2D eigenvalue weighted by Gasteiger charge is 2.19. The van der Waals surface area contributed by atoms with Crippen LogP contribution in [-0.4, -0.2) is 32.0 Å². The molecule has 1 aromatic rings. The number of anilines is 1. The second-order valence-corrected chi connectivity index (χ2v) is 4.36. The summed E-state index contributed by atoms with van der Waals surface area (Å²) in [6.45, 7) is 3.72. The quantitative estimate of drug-likeness (QED) is 0.784. The van der Waals surface area contributed by atoms with E-state index in [1.54, 1.807) is 6.92 Å². The third-order valence-corrected chi connectivity index (χ3v) is 3.24. The summed E-state index contributed by atoms with van der Waals surface area (Å²) in [5, 5.41) is 3.35. The van der Waals surface area contributed by atoms with E-state index in [2.05, 4.69) is 23.3 Å². The van der Waals surface area contributed by atoms with Crippen molar-refractivity contribution in [3.8, 4) is 0 Å². The number of likely N-dealkylation sites (N-methyl/N-ethyl adjacent to an activating group) is 1. The molecule has 3 nitrogen and oxygen atoms in total. The smallest absolute Gasteiger partial charge is 0.159 e. The van der Waals surface area contributed by atoms with E-state index in [4.69, 9.17) is 0 Å². The fraction of sp³-hybridized carbons (Fsp3) is 0.462. The third kappa shape index (κ3) is 2.25. The van der Waals surface area contributed by atoms with E-state index >= 15 is 0 Å². The summed E-state index contributed by atoms with van der Waals surface area (Å²) in [5.74, 6) is 0.125. The van der Waals surface area contributed by atoms with Crippen LogP contribution in [0, 0.1) is 0 Å². The second kappa shape index (κ2) is 4.66. The minimum Gasteiger partial charge on any atom is -0.370 e. The first-order valence-electron chi connectivity index (χ1n) is 5.73. The molecule has 1 fully saturated rings. The van der Waals surface area contributed by atoms with Crippen LogP contribution < -0.4 is 10.2 Å². The molecule has 1 atom stereocenters. The topological polar surface area (TPSA) is 32.3 Å². The van der Waals surface area contributed by atoms with Gasteiger partial charge in [0.1, 0.15) is 0 Å². The largest absolute Gasteiger partial charge is 0.370 e. The van der Waals surface area contributed by atoms with Crippen LogP contribution in [0.25, 0.3) is 0 Å². The van der Waals surface area contributed by atoms with Gasteiger partial charge in [-0.05, 0) is 32.0 Å². The molecule has 1 N–H and O–H groups in total. The van der Waals surface area contributed by atoms with Gasteiger partial charge in [0.2, 0.25) is 0 Å². The highest BCUT2D eigenvalue weighted by atomic mass is 16.1. The van der Waals surface area contributed by atoms with Gasteiger partial charge in [0.15, 0.2) is 5.78 Å². The lowest BCUT2D eigenvalue weighted by Gasteiger charge is -2.26. The molecule has 86 valence electrons. The molecule has 1 aliphatic rings. The Morgan fingerprint density at radius 2 is 2.31 bits per heavy atom. The lowest BCUT2D eigenvalue weighted by molar-refractivity contribution is 0.101. The van der Waals surface area contributed by atoms with E-state index in [1.165, 1.54) is 6.42 Å². The summed E-state index contributed by atoms with van der Waals surface area (Å²) >= 11 is 0. The standard InChI is InChI=1S/C13H18N2O/c1-10(16)11-4-3-5-12(8-11)15(2)13-6-7-14-9-13/h3-5,8,13-14H,6-7,9H2,1-2H3. The minimum absolute atomic E-state index is 0.125. The molecule has 0 radical (unpaired) electrons. The summed E-state index contributed by atoms with van der Waals surface area (Å²) in [6, 6.07) is 8.39. The van der Waals surface area contributed by atoms with Gasteiger partial charge in [-0.1, -0.05) is 12.1 Å². The summed E-state index contributed by atoms with van der Waals surface area (Å²) in [4.78, 5) is 13.6. The van der Waals surface area contributed by atoms with Gasteiger partial charge in [-0.2, -0.15) is 0 Å². The van der Waals surface area contributed by atoms with E-state index in [-0.39, 0.29) is 5.78 Å². The van der Waals surface area contributed by atoms with Crippen LogP contribution in [-0.2, 0) is 0 Å². The Kier molecular flexibility index (Phi) is 3.25. The lowest BCUT2D eigenvalue weighted by atomic mass is 10.1. The zero-order chi connectivity index (χ0) is 11.5. The van der Waals surface area contributed by atoms with Crippen LogP contribution >= 0.6 is 0 Å². The molecule has 0 amide bonds. The van der Waals surface area contributed by atoms with Gasteiger partial charge >= 0.3 is 0 Å². The van der Waals surface area contributed by atoms with Gasteiger partial charge in [-0.3, -0.25) is 4.79 Å². The van der Waals surface area contributed by atoms with Crippen molar-refractivity contribution in [2.45, 2.75) is 19.4 Å². The van der Waals surface area contributed by atoms with E-state index in [0.717, 1.165) is 24.3 Å². The monoisotopic (exact) mass is 218 g/mol. The van der Waals surface area contributed by atoms with Crippen molar-refractivity contribution in [3.63, 3.8) is 0 Å². The molecule has 0 aromatic heterocycles. The van der Waals surface area contributed by atoms with Crippen LogP contribution in [0.1, 0.15) is 23.7 Å². The third-order valence-electron chi connectivity index (χ3n) is 3.24. The van der Waals surface area contributed by atoms with Gasteiger partial charge in [0.25, 0.3) is 0 Å². The van der Waals surface area contributed by atoms with Crippen LogP contribution in [0.15, 0.2) is 24.3 Å². The number of benzene rings is 1. The molecule has 0 aliphatic carbocycles.